The van der Waals surface area contributed by atoms with Crippen molar-refractivity contribution in [1.82, 2.24) is 24.3 Å². The topological polar surface area (TPSA) is 72.2 Å². The van der Waals surface area contributed by atoms with E-state index in [1.165, 1.54) is 53.9 Å². The summed E-state index contributed by atoms with van der Waals surface area (Å²) in [6, 6.07) is 6.30. The lowest BCUT2D eigenvalue weighted by molar-refractivity contribution is -0.00295. The molecule has 0 spiro atoms. The first-order chi connectivity index (χ1) is 16.9. The van der Waals surface area contributed by atoms with Crippen LogP contribution in [0.15, 0.2) is 36.8 Å². The van der Waals surface area contributed by atoms with Crippen molar-refractivity contribution in [2.45, 2.75) is 52.5 Å². The SMILES string of the molecule is Cc1cn(-c2ccnc(Nc3cc(C)c([O+]4C[C@@H]4N4CCCC4)c(C)c3)n2)cc1CN1CC(O)C1. The molecule has 3 aliphatic heterocycles. The molecule has 1 atom stereocenters. The van der Waals surface area contributed by atoms with Gasteiger partial charge in [0.1, 0.15) is 5.82 Å². The summed E-state index contributed by atoms with van der Waals surface area (Å²) in [4.78, 5) is 14.1. The van der Waals surface area contributed by atoms with Gasteiger partial charge in [0.2, 0.25) is 5.95 Å². The fourth-order valence-electron chi connectivity index (χ4n) is 5.58. The van der Waals surface area contributed by atoms with Crippen molar-refractivity contribution >= 4 is 11.6 Å². The summed E-state index contributed by atoms with van der Waals surface area (Å²) < 4.78 is 5.51. The van der Waals surface area contributed by atoms with Crippen molar-refractivity contribution in [2.24, 2.45) is 0 Å². The molecule has 5 heterocycles. The molecular formula is C27H35N6O2+. The van der Waals surface area contributed by atoms with Gasteiger partial charge in [-0.15, -0.1) is 0 Å². The van der Waals surface area contributed by atoms with Gasteiger partial charge in [0.25, 0.3) is 12.4 Å². The third kappa shape index (κ3) is 4.53. The molecule has 1 aromatic carbocycles. The van der Waals surface area contributed by atoms with Crippen LogP contribution in [0.3, 0.4) is 0 Å². The average molecular weight is 476 g/mol. The maximum absolute atomic E-state index is 9.56. The van der Waals surface area contributed by atoms with Crippen LogP contribution in [0, 0.1) is 20.8 Å². The Kier molecular flexibility index (Phi) is 5.75. The first kappa shape index (κ1) is 22.5. The molecule has 0 saturated carbocycles. The third-order valence-electron chi connectivity index (χ3n) is 7.43. The van der Waals surface area contributed by atoms with Crippen molar-refractivity contribution in [1.29, 1.82) is 0 Å². The molecule has 0 aliphatic carbocycles. The largest absolute Gasteiger partial charge is 0.545 e. The molecule has 3 saturated heterocycles. The van der Waals surface area contributed by atoms with Gasteiger partial charge in [0.15, 0.2) is 0 Å². The van der Waals surface area contributed by atoms with Crippen LogP contribution in [0.4, 0.5) is 11.6 Å². The van der Waals surface area contributed by atoms with Gasteiger partial charge in [-0.2, -0.15) is 4.98 Å². The lowest BCUT2D eigenvalue weighted by Crippen LogP contribution is -2.49. The number of epoxide rings is 1. The first-order valence-electron chi connectivity index (χ1n) is 12.7. The summed E-state index contributed by atoms with van der Waals surface area (Å²) in [6.45, 7) is 12.3. The number of aromatic nitrogens is 3. The fraction of sp³-hybridized carbons (Fsp3) is 0.481. The molecule has 2 N–H and O–H groups in total. The highest BCUT2D eigenvalue weighted by Gasteiger charge is 2.50. The average Bonchev–Trinajstić information content (AvgIpc) is 3.20. The predicted molar refractivity (Wildman–Crippen MR) is 137 cm³/mol. The monoisotopic (exact) mass is 475 g/mol. The van der Waals surface area contributed by atoms with E-state index in [0.29, 0.717) is 12.2 Å². The summed E-state index contributed by atoms with van der Waals surface area (Å²) in [5.74, 6) is 2.70. The number of nitrogens with one attached hydrogen (secondary N) is 1. The molecule has 8 nitrogen and oxygen atoms in total. The minimum absolute atomic E-state index is 0.180. The number of hydrogen-bond donors (Lipinski definition) is 2. The molecule has 0 unspecified atom stereocenters. The Hall–Kier alpha value is -2.94. The maximum Gasteiger partial charge on any atom is 0.326 e. The van der Waals surface area contributed by atoms with Gasteiger partial charge in [0, 0.05) is 68.1 Å². The van der Waals surface area contributed by atoms with Gasteiger partial charge >= 0.3 is 6.23 Å². The zero-order chi connectivity index (χ0) is 24.1. The van der Waals surface area contributed by atoms with E-state index >= 15 is 0 Å². The van der Waals surface area contributed by atoms with E-state index in [4.69, 9.17) is 4.98 Å². The molecule has 2 aromatic heterocycles. The predicted octanol–water partition coefficient (Wildman–Crippen LogP) is 3.81. The van der Waals surface area contributed by atoms with Gasteiger partial charge in [-0.1, -0.05) is 0 Å². The highest BCUT2D eigenvalue weighted by molar-refractivity contribution is 5.61. The molecule has 3 fully saturated rings. The van der Waals surface area contributed by atoms with E-state index < -0.39 is 0 Å². The summed E-state index contributed by atoms with van der Waals surface area (Å²) in [5, 5.41) is 13.0. The standard InChI is InChI=1S/C27H35N6O2/c1-18-10-22(11-19(2)26(18)35-17-25(35)32-8-4-5-9-32)29-27-28-7-6-24(30-27)33-12-20(3)21(14-33)13-31-15-23(34)16-31/h6-7,10-12,14,23,25,34H,4-5,8-9,13,15-17H2,1-3H3,(H,28,29,30)/q+1/t25-/m1/s1. The first-order valence-corrected chi connectivity index (χ1v) is 12.7. The Balaban J connectivity index is 1.16. The zero-order valence-corrected chi connectivity index (χ0v) is 20.9. The second kappa shape index (κ2) is 8.93. The van der Waals surface area contributed by atoms with E-state index in [2.05, 4.69) is 74.3 Å². The molecule has 0 amide bonds. The van der Waals surface area contributed by atoms with Crippen LogP contribution in [0.2, 0.25) is 0 Å². The molecule has 3 aliphatic rings. The minimum atomic E-state index is -0.180. The van der Waals surface area contributed by atoms with Crippen LogP contribution in [0.5, 0.6) is 5.75 Å². The molecule has 6 rings (SSSR count). The van der Waals surface area contributed by atoms with Crippen molar-refractivity contribution in [2.75, 3.05) is 38.1 Å². The van der Waals surface area contributed by atoms with E-state index in [9.17, 15) is 5.11 Å². The normalized spacial score (nSPS) is 20.9. The number of rotatable bonds is 7. The lowest BCUT2D eigenvalue weighted by Gasteiger charge is -2.35. The number of aliphatic hydroxyl groups is 1. The quantitative estimate of drug-likeness (QED) is 0.400. The molecule has 0 radical (unpaired) electrons. The molecular weight excluding hydrogens is 440 g/mol. The van der Waals surface area contributed by atoms with Crippen LogP contribution in [0.1, 0.15) is 35.1 Å². The minimum Gasteiger partial charge on any atom is -0.545 e. The van der Waals surface area contributed by atoms with E-state index in [0.717, 1.165) is 37.7 Å². The van der Waals surface area contributed by atoms with Gasteiger partial charge in [-0.25, -0.2) is 9.88 Å². The van der Waals surface area contributed by atoms with Crippen LogP contribution >= 0.6 is 0 Å². The third-order valence-corrected chi connectivity index (χ3v) is 7.43. The molecule has 8 heteroatoms. The Morgan fingerprint density at radius 2 is 1.80 bits per heavy atom. The highest BCUT2D eigenvalue weighted by atomic mass is 16.8. The van der Waals surface area contributed by atoms with Crippen LogP contribution in [-0.4, -0.2) is 74.6 Å². The van der Waals surface area contributed by atoms with Gasteiger partial charge < -0.3 is 19.4 Å². The smallest absolute Gasteiger partial charge is 0.326 e. The summed E-state index contributed by atoms with van der Waals surface area (Å²) >= 11 is 0. The van der Waals surface area contributed by atoms with Crippen LogP contribution in [0.25, 0.3) is 5.82 Å². The van der Waals surface area contributed by atoms with Gasteiger partial charge in [0.05, 0.1) is 6.10 Å². The number of aliphatic hydroxyl groups excluding tert-OH is 1. The van der Waals surface area contributed by atoms with E-state index in [1.54, 1.807) is 6.20 Å². The van der Waals surface area contributed by atoms with Crippen LogP contribution in [-0.2, 0) is 10.9 Å². The number of hydrogen-bond acceptors (Lipinski definition) is 6. The number of anilines is 2. The summed E-state index contributed by atoms with van der Waals surface area (Å²) in [5.41, 5.74) is 5.98. The Bertz CT molecular complexity index is 1210. The molecule has 35 heavy (non-hydrogen) atoms. The van der Waals surface area contributed by atoms with E-state index in [-0.39, 0.29) is 6.10 Å². The van der Waals surface area contributed by atoms with Crippen molar-refractivity contribution in [3.05, 3.63) is 59.0 Å². The highest BCUT2D eigenvalue weighted by Crippen LogP contribution is 2.46. The number of benzene rings is 1. The number of likely N-dealkylation sites (tertiary alicyclic amines) is 2. The van der Waals surface area contributed by atoms with Gasteiger partial charge in [-0.3, -0.25) is 4.90 Å². The van der Waals surface area contributed by atoms with Crippen molar-refractivity contribution in [3.8, 4) is 11.6 Å². The number of β-amino-alcohol motifs (C(OH)–C–C–N with tert-alkyl or cyclic N) is 1. The molecule has 184 valence electrons. The van der Waals surface area contributed by atoms with Crippen molar-refractivity contribution < 1.29 is 9.47 Å². The second-order valence-electron chi connectivity index (χ2n) is 10.3. The van der Waals surface area contributed by atoms with E-state index in [1.807, 2.05) is 6.07 Å². The van der Waals surface area contributed by atoms with Crippen LogP contribution < -0.4 is 5.32 Å². The Morgan fingerprint density at radius 1 is 1.06 bits per heavy atom. The summed E-state index contributed by atoms with van der Waals surface area (Å²) in [7, 11) is 0. The zero-order valence-electron chi connectivity index (χ0n) is 20.9. The summed E-state index contributed by atoms with van der Waals surface area (Å²) in [6.07, 6.45) is 8.99. The maximum atomic E-state index is 9.56. The molecule has 0 bridgehead atoms. The number of aryl methyl sites for hydroxylation is 3. The lowest BCUT2D eigenvalue weighted by atomic mass is 10.1. The Morgan fingerprint density at radius 3 is 2.51 bits per heavy atom. The Labute approximate surface area is 206 Å². The second-order valence-corrected chi connectivity index (χ2v) is 10.3. The van der Waals surface area contributed by atoms with Gasteiger partial charge in [-0.05, 0) is 62.9 Å². The van der Waals surface area contributed by atoms with Crippen molar-refractivity contribution in [3.63, 3.8) is 0 Å². The molecule has 3 aromatic rings. The fourth-order valence-corrected chi connectivity index (χ4v) is 5.58. The number of nitrogens with zero attached hydrogens (tertiary/aromatic N) is 5.